The van der Waals surface area contributed by atoms with Crippen LogP contribution in [0.1, 0.15) is 11.1 Å². The third-order valence-corrected chi connectivity index (χ3v) is 8.42. The largest absolute Gasteiger partial charge is 0.497 e. The van der Waals surface area contributed by atoms with Crippen molar-refractivity contribution in [2.24, 2.45) is 4.99 Å². The van der Waals surface area contributed by atoms with Gasteiger partial charge in [-0.2, -0.15) is 4.99 Å². The van der Waals surface area contributed by atoms with Gasteiger partial charge < -0.3 is 9.64 Å². The van der Waals surface area contributed by atoms with Crippen molar-refractivity contribution in [3.8, 4) is 5.75 Å². The second-order valence-corrected chi connectivity index (χ2v) is 10.7. The highest BCUT2D eigenvalue weighted by Crippen LogP contribution is 2.39. The normalized spacial score (nSPS) is 23.5. The molecule has 4 rings (SSSR count). The molecule has 0 unspecified atom stereocenters. The first-order chi connectivity index (χ1) is 14.3. The van der Waals surface area contributed by atoms with Crippen molar-refractivity contribution < 1.29 is 22.3 Å². The lowest BCUT2D eigenvalue weighted by molar-refractivity contribution is -0.117. The molecule has 0 saturated carbocycles. The number of hydrogen-bond donors (Lipinski definition) is 0. The summed E-state index contributed by atoms with van der Waals surface area (Å²) in [7, 11) is -1.51. The van der Waals surface area contributed by atoms with E-state index in [0.29, 0.717) is 17.3 Å². The van der Waals surface area contributed by atoms with E-state index in [4.69, 9.17) is 4.74 Å². The van der Waals surface area contributed by atoms with Crippen LogP contribution in [0.5, 0.6) is 5.75 Å². The highest BCUT2D eigenvalue weighted by molar-refractivity contribution is 8.15. The van der Waals surface area contributed by atoms with Gasteiger partial charge in [-0.1, -0.05) is 36.0 Å². The second-order valence-electron chi connectivity index (χ2n) is 7.37. The first kappa shape index (κ1) is 20.9. The molecule has 0 radical (unpaired) electrons. The van der Waals surface area contributed by atoms with Crippen molar-refractivity contribution in [2.75, 3.05) is 18.6 Å². The Kier molecular flexibility index (Phi) is 5.84. The summed E-state index contributed by atoms with van der Waals surface area (Å²) >= 11 is 1.35. The van der Waals surface area contributed by atoms with E-state index in [9.17, 15) is 17.6 Å². The fourth-order valence-corrected chi connectivity index (χ4v) is 7.64. The molecule has 30 heavy (non-hydrogen) atoms. The van der Waals surface area contributed by atoms with Gasteiger partial charge in [-0.05, 0) is 35.4 Å². The number of methoxy groups -OCH3 is 1. The van der Waals surface area contributed by atoms with Gasteiger partial charge in [0, 0.05) is 11.8 Å². The lowest BCUT2D eigenvalue weighted by Crippen LogP contribution is -2.37. The number of nitrogens with zero attached hydrogens (tertiary/aromatic N) is 2. The standard InChI is InChI=1S/C21H21FN2O4S2/c1-28-17-8-4-15(5-9-17)11-24-18-12-30(26,27)13-19(18)29-21(24)23-20(25)10-14-2-6-16(22)7-3-14/h2-9,18-19H,10-13H2,1H3/t18-,19-/m0/s1. The summed E-state index contributed by atoms with van der Waals surface area (Å²) in [5.41, 5.74) is 1.65. The summed E-state index contributed by atoms with van der Waals surface area (Å²) in [5, 5.41) is 0.411. The van der Waals surface area contributed by atoms with Crippen LogP contribution in [-0.2, 0) is 27.6 Å². The maximum atomic E-state index is 13.1. The molecule has 2 atom stereocenters. The highest BCUT2D eigenvalue weighted by atomic mass is 32.2. The molecule has 0 N–H and O–H groups in total. The molecule has 0 spiro atoms. The van der Waals surface area contributed by atoms with Gasteiger partial charge in [0.15, 0.2) is 15.0 Å². The van der Waals surface area contributed by atoms with Gasteiger partial charge in [-0.3, -0.25) is 4.79 Å². The van der Waals surface area contributed by atoms with Crippen LogP contribution in [0.15, 0.2) is 53.5 Å². The molecule has 6 nitrogen and oxygen atoms in total. The van der Waals surface area contributed by atoms with E-state index >= 15 is 0 Å². The van der Waals surface area contributed by atoms with E-state index in [1.807, 2.05) is 29.2 Å². The highest BCUT2D eigenvalue weighted by Gasteiger charge is 2.48. The fourth-order valence-electron chi connectivity index (χ4n) is 3.67. The van der Waals surface area contributed by atoms with E-state index in [1.54, 1.807) is 19.2 Å². The maximum Gasteiger partial charge on any atom is 0.252 e. The summed E-state index contributed by atoms with van der Waals surface area (Å²) < 4.78 is 42.5. The first-order valence-corrected chi connectivity index (χ1v) is 12.2. The third kappa shape index (κ3) is 4.67. The van der Waals surface area contributed by atoms with Crippen LogP contribution in [0.2, 0.25) is 0 Å². The lowest BCUT2D eigenvalue weighted by Gasteiger charge is -2.24. The fraction of sp³-hybridized carbons (Fsp3) is 0.333. The number of carbonyl (C=O) groups is 1. The van der Waals surface area contributed by atoms with E-state index in [2.05, 4.69) is 4.99 Å². The zero-order valence-electron chi connectivity index (χ0n) is 16.3. The number of benzene rings is 2. The van der Waals surface area contributed by atoms with Gasteiger partial charge in [0.05, 0.1) is 31.1 Å². The monoisotopic (exact) mass is 448 g/mol. The number of ether oxygens (including phenoxy) is 1. The first-order valence-electron chi connectivity index (χ1n) is 9.45. The molecule has 0 aromatic heterocycles. The molecule has 2 saturated heterocycles. The Morgan fingerprint density at radius 3 is 2.47 bits per heavy atom. The molecule has 2 aliphatic heterocycles. The maximum absolute atomic E-state index is 13.1. The number of rotatable bonds is 5. The molecule has 158 valence electrons. The van der Waals surface area contributed by atoms with E-state index in [1.165, 1.54) is 23.9 Å². The molecular formula is C21H21FN2O4S2. The number of aliphatic imine (C=N–C) groups is 1. The quantitative estimate of drug-likeness (QED) is 0.700. The number of hydrogen-bond acceptors (Lipinski definition) is 5. The minimum absolute atomic E-state index is 0.0615. The van der Waals surface area contributed by atoms with Crippen LogP contribution in [0.3, 0.4) is 0 Å². The number of carbonyl (C=O) groups excluding carboxylic acids is 1. The molecule has 9 heteroatoms. The number of amidine groups is 1. The lowest BCUT2D eigenvalue weighted by atomic mass is 10.1. The summed E-state index contributed by atoms with van der Waals surface area (Å²) in [5.74, 6) is 0.188. The van der Waals surface area contributed by atoms with Crippen LogP contribution in [0, 0.1) is 5.82 Å². The molecule has 0 bridgehead atoms. The number of amides is 1. The zero-order chi connectivity index (χ0) is 21.3. The molecular weight excluding hydrogens is 427 g/mol. The van der Waals surface area contributed by atoms with Gasteiger partial charge >= 0.3 is 0 Å². The molecule has 2 heterocycles. The minimum atomic E-state index is -3.10. The van der Waals surface area contributed by atoms with E-state index in [-0.39, 0.29) is 40.9 Å². The van der Waals surface area contributed by atoms with Crippen LogP contribution < -0.4 is 4.74 Å². The summed E-state index contributed by atoms with van der Waals surface area (Å²) in [6.07, 6.45) is 0.0638. The van der Waals surface area contributed by atoms with Crippen molar-refractivity contribution in [1.82, 2.24) is 4.90 Å². The smallest absolute Gasteiger partial charge is 0.252 e. The Morgan fingerprint density at radius 1 is 1.13 bits per heavy atom. The molecule has 2 aromatic rings. The number of thioether (sulfide) groups is 1. The Hall–Kier alpha value is -2.39. The third-order valence-electron chi connectivity index (χ3n) is 5.18. The number of sulfone groups is 1. The summed E-state index contributed by atoms with van der Waals surface area (Å²) in [4.78, 5) is 18.7. The van der Waals surface area contributed by atoms with Gasteiger partial charge in [-0.15, -0.1) is 0 Å². The molecule has 2 aliphatic rings. The average Bonchev–Trinajstić information content (AvgIpc) is 3.16. The van der Waals surface area contributed by atoms with Gasteiger partial charge in [0.2, 0.25) is 0 Å². The summed E-state index contributed by atoms with van der Waals surface area (Å²) in [6, 6.07) is 13.1. The minimum Gasteiger partial charge on any atom is -0.497 e. The van der Waals surface area contributed by atoms with Crippen LogP contribution in [0.4, 0.5) is 4.39 Å². The molecule has 1 amide bonds. The Balaban J connectivity index is 1.55. The van der Waals surface area contributed by atoms with Crippen molar-refractivity contribution >= 4 is 32.7 Å². The second kappa shape index (κ2) is 8.39. The van der Waals surface area contributed by atoms with Gasteiger partial charge in [0.1, 0.15) is 11.6 Å². The molecule has 2 fully saturated rings. The zero-order valence-corrected chi connectivity index (χ0v) is 18.0. The predicted octanol–water partition coefficient (Wildman–Crippen LogP) is 2.67. The Labute approximate surface area is 179 Å². The van der Waals surface area contributed by atoms with Crippen LogP contribution in [0.25, 0.3) is 0 Å². The topological polar surface area (TPSA) is 76.0 Å². The molecule has 2 aromatic carbocycles. The van der Waals surface area contributed by atoms with Crippen LogP contribution in [-0.4, -0.2) is 54.3 Å². The SMILES string of the molecule is COc1ccc(CN2C(=NC(=O)Cc3ccc(F)cc3)S[C@H]3CS(=O)(=O)C[C@@H]32)cc1. The average molecular weight is 449 g/mol. The predicted molar refractivity (Wildman–Crippen MR) is 115 cm³/mol. The van der Waals surface area contributed by atoms with E-state index in [0.717, 1.165) is 11.3 Å². The van der Waals surface area contributed by atoms with E-state index < -0.39 is 9.84 Å². The van der Waals surface area contributed by atoms with Crippen molar-refractivity contribution in [3.05, 3.63) is 65.5 Å². The number of fused-ring (bicyclic) bond motifs is 1. The van der Waals surface area contributed by atoms with Crippen molar-refractivity contribution in [3.63, 3.8) is 0 Å². The number of halogens is 1. The van der Waals surface area contributed by atoms with Crippen molar-refractivity contribution in [1.29, 1.82) is 0 Å². The Bertz CT molecular complexity index is 1070. The summed E-state index contributed by atoms with van der Waals surface area (Å²) in [6.45, 7) is 0.455. The van der Waals surface area contributed by atoms with Crippen LogP contribution >= 0.6 is 11.8 Å². The van der Waals surface area contributed by atoms with Gasteiger partial charge in [0.25, 0.3) is 5.91 Å². The van der Waals surface area contributed by atoms with Crippen molar-refractivity contribution in [2.45, 2.75) is 24.3 Å². The Morgan fingerprint density at radius 2 is 1.80 bits per heavy atom. The van der Waals surface area contributed by atoms with Gasteiger partial charge in [-0.25, -0.2) is 12.8 Å². The molecule has 0 aliphatic carbocycles.